The van der Waals surface area contributed by atoms with Crippen molar-refractivity contribution in [3.63, 3.8) is 0 Å². The van der Waals surface area contributed by atoms with Crippen molar-refractivity contribution in [2.24, 2.45) is 5.73 Å². The number of imidazole rings is 1. The highest BCUT2D eigenvalue weighted by Gasteiger charge is 2.14. The van der Waals surface area contributed by atoms with E-state index in [0.717, 1.165) is 17.0 Å². The van der Waals surface area contributed by atoms with Crippen LogP contribution in [0.15, 0.2) is 24.4 Å². The summed E-state index contributed by atoms with van der Waals surface area (Å²) in [5, 5.41) is 8.79. The highest BCUT2D eigenvalue weighted by atomic mass is 16.4. The fraction of sp³-hybridized carbons (Fsp3) is 0.273. The summed E-state index contributed by atoms with van der Waals surface area (Å²) < 4.78 is 1.92. The Bertz CT molecular complexity index is 533. The molecule has 2 rings (SSSR count). The SMILES string of the molecule is Cc1ncc2cccc(CC(N)C(=O)O)n12. The van der Waals surface area contributed by atoms with Crippen molar-refractivity contribution in [2.45, 2.75) is 19.4 Å². The minimum atomic E-state index is -0.991. The first-order valence-corrected chi connectivity index (χ1v) is 5.00. The molecule has 0 bridgehead atoms. The van der Waals surface area contributed by atoms with Crippen LogP contribution >= 0.6 is 0 Å². The van der Waals surface area contributed by atoms with E-state index in [0.29, 0.717) is 6.42 Å². The molecule has 5 nitrogen and oxygen atoms in total. The zero-order valence-corrected chi connectivity index (χ0v) is 8.92. The zero-order chi connectivity index (χ0) is 11.7. The Balaban J connectivity index is 2.44. The maximum absolute atomic E-state index is 10.7. The number of aryl methyl sites for hydroxylation is 1. The first-order valence-electron chi connectivity index (χ1n) is 5.00. The average molecular weight is 219 g/mol. The molecule has 3 N–H and O–H groups in total. The summed E-state index contributed by atoms with van der Waals surface area (Å²) in [4.78, 5) is 14.9. The van der Waals surface area contributed by atoms with Gasteiger partial charge in [-0.3, -0.25) is 4.79 Å². The van der Waals surface area contributed by atoms with E-state index in [9.17, 15) is 4.79 Å². The van der Waals surface area contributed by atoms with Crippen molar-refractivity contribution in [2.75, 3.05) is 0 Å². The number of aromatic nitrogens is 2. The second-order valence-corrected chi connectivity index (χ2v) is 3.73. The molecule has 84 valence electrons. The number of pyridine rings is 1. The summed E-state index contributed by atoms with van der Waals surface area (Å²) in [6.45, 7) is 1.88. The number of carboxylic acids is 1. The Morgan fingerprint density at radius 2 is 2.38 bits per heavy atom. The van der Waals surface area contributed by atoms with Crippen molar-refractivity contribution in [1.82, 2.24) is 9.38 Å². The largest absolute Gasteiger partial charge is 0.480 e. The van der Waals surface area contributed by atoms with E-state index in [1.807, 2.05) is 29.5 Å². The quantitative estimate of drug-likeness (QED) is 0.792. The van der Waals surface area contributed by atoms with Crippen LogP contribution in [0.3, 0.4) is 0 Å². The normalized spacial score (nSPS) is 12.9. The number of aliphatic carboxylic acids is 1. The molecule has 16 heavy (non-hydrogen) atoms. The van der Waals surface area contributed by atoms with Gasteiger partial charge in [0, 0.05) is 12.1 Å². The molecule has 2 aromatic rings. The number of fused-ring (bicyclic) bond motifs is 1. The van der Waals surface area contributed by atoms with Crippen LogP contribution in [-0.4, -0.2) is 26.5 Å². The molecule has 1 unspecified atom stereocenters. The van der Waals surface area contributed by atoms with Crippen LogP contribution in [0.5, 0.6) is 0 Å². The van der Waals surface area contributed by atoms with Gasteiger partial charge in [0.2, 0.25) is 0 Å². The first kappa shape index (κ1) is 10.6. The third kappa shape index (κ3) is 1.77. The number of hydrogen-bond donors (Lipinski definition) is 2. The van der Waals surface area contributed by atoms with Gasteiger partial charge in [-0.25, -0.2) is 4.98 Å². The molecule has 0 amide bonds. The predicted octanol–water partition coefficient (Wildman–Crippen LogP) is 0.597. The number of carboxylic acid groups (broad SMARTS) is 1. The lowest BCUT2D eigenvalue weighted by atomic mass is 10.1. The van der Waals surface area contributed by atoms with Crippen molar-refractivity contribution in [3.05, 3.63) is 35.9 Å². The number of nitrogens with zero attached hydrogens (tertiary/aromatic N) is 2. The van der Waals surface area contributed by atoms with Gasteiger partial charge < -0.3 is 15.2 Å². The Morgan fingerprint density at radius 3 is 3.06 bits per heavy atom. The summed E-state index contributed by atoms with van der Waals surface area (Å²) in [6, 6.07) is 4.79. The van der Waals surface area contributed by atoms with E-state index in [4.69, 9.17) is 10.8 Å². The number of nitrogens with two attached hydrogens (primary N) is 1. The Labute approximate surface area is 92.5 Å². The Morgan fingerprint density at radius 1 is 1.62 bits per heavy atom. The average Bonchev–Trinajstić information content (AvgIpc) is 2.61. The fourth-order valence-corrected chi connectivity index (χ4v) is 1.76. The van der Waals surface area contributed by atoms with Crippen molar-refractivity contribution >= 4 is 11.5 Å². The monoisotopic (exact) mass is 219 g/mol. The minimum absolute atomic E-state index is 0.296. The lowest BCUT2D eigenvalue weighted by molar-refractivity contribution is -0.138. The molecule has 0 aromatic carbocycles. The van der Waals surface area contributed by atoms with E-state index in [2.05, 4.69) is 4.98 Å². The van der Waals surface area contributed by atoms with Gasteiger partial charge in [-0.2, -0.15) is 0 Å². The summed E-state index contributed by atoms with van der Waals surface area (Å²) in [6.07, 6.45) is 2.05. The molecule has 0 saturated heterocycles. The number of carbonyl (C=O) groups is 1. The smallest absolute Gasteiger partial charge is 0.320 e. The highest BCUT2D eigenvalue weighted by Crippen LogP contribution is 2.11. The molecule has 0 radical (unpaired) electrons. The Kier molecular flexibility index (Phi) is 2.62. The molecule has 0 fully saturated rings. The molecule has 0 spiro atoms. The van der Waals surface area contributed by atoms with Crippen LogP contribution in [0.25, 0.3) is 5.52 Å². The predicted molar refractivity (Wildman–Crippen MR) is 59.2 cm³/mol. The van der Waals surface area contributed by atoms with E-state index < -0.39 is 12.0 Å². The zero-order valence-electron chi connectivity index (χ0n) is 8.92. The second kappa shape index (κ2) is 3.94. The summed E-state index contributed by atoms with van der Waals surface area (Å²) >= 11 is 0. The van der Waals surface area contributed by atoms with Crippen LogP contribution in [0.1, 0.15) is 11.5 Å². The lowest BCUT2D eigenvalue weighted by Crippen LogP contribution is -2.32. The summed E-state index contributed by atoms with van der Waals surface area (Å²) in [5.41, 5.74) is 7.34. The third-order valence-electron chi connectivity index (χ3n) is 2.55. The van der Waals surface area contributed by atoms with Crippen LogP contribution in [0.4, 0.5) is 0 Å². The third-order valence-corrected chi connectivity index (χ3v) is 2.55. The maximum atomic E-state index is 10.7. The van der Waals surface area contributed by atoms with Crippen LogP contribution in [-0.2, 0) is 11.2 Å². The Hall–Kier alpha value is -1.88. The van der Waals surface area contributed by atoms with Gasteiger partial charge in [-0.1, -0.05) is 6.07 Å². The van der Waals surface area contributed by atoms with Crippen molar-refractivity contribution in [1.29, 1.82) is 0 Å². The van der Waals surface area contributed by atoms with E-state index in [-0.39, 0.29) is 0 Å². The van der Waals surface area contributed by atoms with Gasteiger partial charge in [0.1, 0.15) is 11.9 Å². The van der Waals surface area contributed by atoms with Gasteiger partial charge in [0.25, 0.3) is 0 Å². The van der Waals surface area contributed by atoms with Gasteiger partial charge >= 0.3 is 5.97 Å². The molecule has 1 atom stereocenters. The van der Waals surface area contributed by atoms with Gasteiger partial charge in [0.15, 0.2) is 0 Å². The molecular weight excluding hydrogens is 206 g/mol. The van der Waals surface area contributed by atoms with E-state index >= 15 is 0 Å². The number of rotatable bonds is 3. The van der Waals surface area contributed by atoms with E-state index in [1.165, 1.54) is 0 Å². The van der Waals surface area contributed by atoms with Crippen molar-refractivity contribution in [3.8, 4) is 0 Å². The highest BCUT2D eigenvalue weighted by molar-refractivity contribution is 5.73. The summed E-state index contributed by atoms with van der Waals surface area (Å²) in [5.74, 6) is -0.155. The minimum Gasteiger partial charge on any atom is -0.480 e. The standard InChI is InChI=1S/C11H13N3O2/c1-7-13-6-9-4-2-3-8(14(7)9)5-10(12)11(15)16/h2-4,6,10H,5,12H2,1H3,(H,15,16). The second-order valence-electron chi connectivity index (χ2n) is 3.73. The summed E-state index contributed by atoms with van der Waals surface area (Å²) in [7, 11) is 0. The van der Waals surface area contributed by atoms with Gasteiger partial charge in [-0.15, -0.1) is 0 Å². The maximum Gasteiger partial charge on any atom is 0.320 e. The van der Waals surface area contributed by atoms with Crippen molar-refractivity contribution < 1.29 is 9.90 Å². The first-order chi connectivity index (χ1) is 7.59. The van der Waals surface area contributed by atoms with Gasteiger partial charge in [-0.05, 0) is 19.1 Å². The fourth-order valence-electron chi connectivity index (χ4n) is 1.76. The number of hydrogen-bond acceptors (Lipinski definition) is 3. The molecule has 0 aliphatic heterocycles. The molecule has 5 heteroatoms. The molecule has 0 saturated carbocycles. The lowest BCUT2D eigenvalue weighted by Gasteiger charge is -2.09. The molecular formula is C11H13N3O2. The van der Waals surface area contributed by atoms with Gasteiger partial charge in [0.05, 0.1) is 11.7 Å². The van der Waals surface area contributed by atoms with E-state index in [1.54, 1.807) is 6.20 Å². The van der Waals surface area contributed by atoms with Crippen LogP contribution < -0.4 is 5.73 Å². The van der Waals surface area contributed by atoms with Crippen LogP contribution in [0, 0.1) is 6.92 Å². The topological polar surface area (TPSA) is 80.6 Å². The molecule has 2 aromatic heterocycles. The molecule has 0 aliphatic carbocycles. The molecule has 2 heterocycles. The molecule has 0 aliphatic rings. The van der Waals surface area contributed by atoms with Crippen LogP contribution in [0.2, 0.25) is 0 Å².